The molecule has 0 aliphatic heterocycles. The van der Waals surface area contributed by atoms with Gasteiger partial charge in [-0.1, -0.05) is 67.9 Å². The van der Waals surface area contributed by atoms with Crippen LogP contribution in [0.15, 0.2) is 128 Å². The van der Waals surface area contributed by atoms with E-state index in [1.807, 2.05) is 101 Å². The zero-order chi connectivity index (χ0) is 67.9. The van der Waals surface area contributed by atoms with Crippen molar-refractivity contribution in [1.82, 2.24) is 75.2 Å². The molecule has 3 aromatic carbocycles. The molecular weight excluding hydrogens is 1300 g/mol. The third-order valence-electron chi connectivity index (χ3n) is 15.3. The van der Waals surface area contributed by atoms with Crippen molar-refractivity contribution in [3.05, 3.63) is 238 Å². The molecule has 29 heteroatoms. The molecule has 9 heterocycles. The molecule has 3 amide bonds. The number of carbonyl (C=O) groups excluding carboxylic acids is 3. The van der Waals surface area contributed by atoms with Crippen LogP contribution in [0.1, 0.15) is 113 Å². The number of anilines is 5. The highest BCUT2D eigenvalue weighted by Crippen LogP contribution is 2.26. The highest BCUT2D eigenvalue weighted by molar-refractivity contribution is 6.31. The highest BCUT2D eigenvalue weighted by atomic mass is 35.5. The van der Waals surface area contributed by atoms with Crippen molar-refractivity contribution in [2.24, 2.45) is 0 Å². The van der Waals surface area contributed by atoms with Crippen LogP contribution in [0.5, 0.6) is 0 Å². The number of nitrogens with one attached hydrogen (secondary N) is 3. The Morgan fingerprint density at radius 1 is 0.454 bits per heavy atom. The second-order valence-corrected chi connectivity index (χ2v) is 23.8. The number of nitro groups is 1. The van der Waals surface area contributed by atoms with E-state index in [-0.39, 0.29) is 62.5 Å². The molecule has 0 atom stereocenters. The Morgan fingerprint density at radius 3 is 1.06 bits per heavy atom. The molecule has 0 saturated carbocycles. The number of aryl methyl sites for hydroxylation is 6. The van der Waals surface area contributed by atoms with Gasteiger partial charge in [0.15, 0.2) is 11.4 Å². The minimum absolute atomic E-state index is 0. The number of nitrogens with zero attached hydrogens (tertiary/aromatic N) is 13. The Balaban J connectivity index is 0.000000184. The summed E-state index contributed by atoms with van der Waals surface area (Å²) in [5.41, 5.74) is 42.7. The number of nitrogen functional groups attached to an aromatic ring is 5. The first-order valence-electron chi connectivity index (χ1n) is 29.3. The summed E-state index contributed by atoms with van der Waals surface area (Å²) in [5.74, 6) is -0.0332. The summed E-state index contributed by atoms with van der Waals surface area (Å²) < 4.78 is 4.66. The lowest BCUT2D eigenvalue weighted by Crippen LogP contribution is -2.25. The summed E-state index contributed by atoms with van der Waals surface area (Å²) in [6.45, 7) is 13.2. The van der Waals surface area contributed by atoms with Gasteiger partial charge >= 0.3 is 5.69 Å². The second kappa shape index (κ2) is 30.8. The van der Waals surface area contributed by atoms with E-state index in [0.29, 0.717) is 75.8 Å². The molecule has 0 fully saturated rings. The average Bonchev–Trinajstić information content (AvgIpc) is 1.51. The maximum absolute atomic E-state index is 12.8. The van der Waals surface area contributed by atoms with Crippen LogP contribution < -0.4 is 44.6 Å². The first-order chi connectivity index (χ1) is 45.3. The van der Waals surface area contributed by atoms with Crippen molar-refractivity contribution in [3.8, 4) is 0 Å². The number of fused-ring (bicyclic) bond motifs is 3. The van der Waals surface area contributed by atoms with Gasteiger partial charge in [-0.25, -0.2) is 15.0 Å². The van der Waals surface area contributed by atoms with Gasteiger partial charge in [-0.05, 0) is 164 Å². The van der Waals surface area contributed by atoms with Crippen LogP contribution in [0.4, 0.5) is 34.5 Å². The van der Waals surface area contributed by atoms with Crippen LogP contribution in [-0.2, 0) is 39.3 Å². The van der Waals surface area contributed by atoms with E-state index in [4.69, 9.17) is 63.5 Å². The number of hydrogen-bond donors (Lipinski definition) is 8. The quantitative estimate of drug-likeness (QED) is 0.0329. The van der Waals surface area contributed by atoms with Gasteiger partial charge in [0.2, 0.25) is 5.69 Å². The molecule has 9 aromatic heterocycles. The van der Waals surface area contributed by atoms with E-state index in [0.717, 1.165) is 94.2 Å². The van der Waals surface area contributed by atoms with Crippen LogP contribution in [0.25, 0.3) is 32.7 Å². The van der Waals surface area contributed by atoms with Gasteiger partial charge in [0.25, 0.3) is 17.7 Å². The van der Waals surface area contributed by atoms with Gasteiger partial charge in [-0.3, -0.25) is 53.5 Å². The smallest absolute Gasteiger partial charge is 0.320 e. The van der Waals surface area contributed by atoms with E-state index in [1.165, 1.54) is 10.9 Å². The van der Waals surface area contributed by atoms with Gasteiger partial charge in [0.1, 0.15) is 23.7 Å². The monoisotopic (exact) mass is 1370 g/mol. The third-order valence-corrected chi connectivity index (χ3v) is 16.0. The highest BCUT2D eigenvalue weighted by Gasteiger charge is 2.27. The molecule has 0 spiro atoms. The first kappa shape index (κ1) is 71.5. The fourth-order valence-corrected chi connectivity index (χ4v) is 11.2. The maximum atomic E-state index is 12.8. The Morgan fingerprint density at radius 2 is 0.753 bits per heavy atom. The van der Waals surface area contributed by atoms with E-state index >= 15 is 0 Å². The van der Waals surface area contributed by atoms with E-state index < -0.39 is 10.8 Å². The number of aromatic nitrogens is 12. The van der Waals surface area contributed by atoms with E-state index in [9.17, 15) is 24.5 Å². The summed E-state index contributed by atoms with van der Waals surface area (Å²) >= 11 is 18.1. The van der Waals surface area contributed by atoms with Crippen molar-refractivity contribution in [1.29, 1.82) is 0 Å². The van der Waals surface area contributed by atoms with Gasteiger partial charge in [0, 0.05) is 83.9 Å². The van der Waals surface area contributed by atoms with Crippen LogP contribution in [0, 0.1) is 51.7 Å². The van der Waals surface area contributed by atoms with Gasteiger partial charge in [-0.2, -0.15) is 15.3 Å². The summed E-state index contributed by atoms with van der Waals surface area (Å²) in [4.78, 5) is 74.6. The fraction of sp³-hybridized carbons (Fsp3) is 0.206. The van der Waals surface area contributed by atoms with Crippen molar-refractivity contribution < 1.29 is 19.3 Å². The second-order valence-electron chi connectivity index (χ2n) is 22.5. The van der Waals surface area contributed by atoms with Crippen LogP contribution in [0.3, 0.4) is 0 Å². The minimum atomic E-state index is -0.648. The Labute approximate surface area is 573 Å². The number of carbonyl (C=O) groups is 3. The summed E-state index contributed by atoms with van der Waals surface area (Å²) in [7, 11) is 0. The summed E-state index contributed by atoms with van der Waals surface area (Å²) in [6.07, 6.45) is 9.34. The fourth-order valence-electron chi connectivity index (χ4n) is 10.7. The van der Waals surface area contributed by atoms with Crippen LogP contribution >= 0.6 is 34.8 Å². The molecule has 0 unspecified atom stereocenters. The standard InChI is InChI=1S/C22H20ClN7O3.2C22H22ClN7O.2CH4/c1-12-5-20(24)27-13(2)17(12)9-26-22(31)21-19(30(32)33)11-29(28-21)10-14-3-4-18-15(6-14)7-16(23)8-25-18;2*1-12-5-20(25)28-13(2)17(12)9-27-22(31)21-18(24)11-30(29-21)10-14-3-4-19-15(6-14)7-16(23)8-26-19;;/h3-8,11H,9-10H2,1-2H3,(H2,24,27)(H,26,31);2*3-8,11H,9-10,24H2,1-2H3,(H2,25,28)(H,27,31);2*1H4. The molecule has 12 rings (SSSR count). The van der Waals surface area contributed by atoms with Gasteiger partial charge in [0.05, 0.1) is 67.6 Å². The van der Waals surface area contributed by atoms with Crippen LogP contribution in [-0.4, -0.2) is 81.9 Å². The van der Waals surface area contributed by atoms with Gasteiger partial charge in [-0.15, -0.1) is 0 Å². The largest absolute Gasteiger partial charge is 0.396 e. The lowest BCUT2D eigenvalue weighted by atomic mass is 10.1. The van der Waals surface area contributed by atoms with Crippen molar-refractivity contribution >= 4 is 120 Å². The minimum Gasteiger partial charge on any atom is -0.396 e. The number of halogens is 3. The molecule has 0 saturated heterocycles. The van der Waals surface area contributed by atoms with E-state index in [1.54, 1.807) is 71.5 Å². The predicted octanol–water partition coefficient (Wildman–Crippen LogP) is 11.3. The lowest BCUT2D eigenvalue weighted by molar-refractivity contribution is -0.385. The topological polar surface area (TPSA) is 391 Å². The van der Waals surface area contributed by atoms with E-state index in [2.05, 4.69) is 61.2 Å². The molecule has 0 bridgehead atoms. The zero-order valence-corrected chi connectivity index (χ0v) is 54.5. The Kier molecular flexibility index (Phi) is 22.7. The molecule has 500 valence electrons. The molecule has 0 radical (unpaired) electrons. The molecule has 13 N–H and O–H groups in total. The number of hydrogen-bond acceptors (Lipinski definition) is 19. The Bertz CT molecular complexity index is 4700. The van der Waals surface area contributed by atoms with Crippen molar-refractivity contribution in [3.63, 3.8) is 0 Å². The molecule has 97 heavy (non-hydrogen) atoms. The molecule has 0 aliphatic carbocycles. The number of pyridine rings is 6. The number of rotatable bonds is 16. The number of nitrogens with two attached hydrogens (primary N) is 5. The maximum Gasteiger partial charge on any atom is 0.320 e. The van der Waals surface area contributed by atoms with Crippen molar-refractivity contribution in [2.45, 2.75) is 95.7 Å². The molecule has 12 aromatic rings. The summed E-state index contributed by atoms with van der Waals surface area (Å²) in [6, 6.07) is 28.1. The van der Waals surface area contributed by atoms with Crippen LogP contribution in [0.2, 0.25) is 15.1 Å². The SMILES string of the molecule is C.C.Cc1cc(N)nc(C)c1CNC(=O)c1nn(Cc2ccc3ncc(Cl)cc3c2)cc1N.Cc1cc(N)nc(C)c1CNC(=O)c1nn(Cc2ccc3ncc(Cl)cc3c2)cc1N.Cc1cc(N)nc(C)c1CNC(=O)c1nn(Cc2ccc3ncc(Cl)cc3c2)cc1[N+](=O)[O-]. The normalized spacial score (nSPS) is 10.8. The molecule has 26 nitrogen and oxygen atoms in total. The molecular formula is C68H72Cl3N21O5. The lowest BCUT2D eigenvalue weighted by Gasteiger charge is -2.11. The first-order valence-corrected chi connectivity index (χ1v) is 30.5. The summed E-state index contributed by atoms with van der Waals surface area (Å²) in [5, 5.41) is 37.3. The number of amides is 3. The Hall–Kier alpha value is -11.4. The molecule has 0 aliphatic rings. The number of benzene rings is 3. The van der Waals surface area contributed by atoms with Gasteiger partial charge < -0.3 is 44.6 Å². The van der Waals surface area contributed by atoms with Crippen molar-refractivity contribution in [2.75, 3.05) is 28.7 Å². The zero-order valence-electron chi connectivity index (χ0n) is 52.2. The third kappa shape index (κ3) is 17.5. The predicted molar refractivity (Wildman–Crippen MR) is 381 cm³/mol. The average molecular weight is 1370 g/mol.